The summed E-state index contributed by atoms with van der Waals surface area (Å²) in [5.74, 6) is -1.23. The molecule has 0 bridgehead atoms. The SMILES string of the molecule is O=C1C(=NS(=O)(=O)c2ccc([N+](=O)[O-])cc2)C([N+]2=CCc3ccccc32)=C([O-])c2ccccc21. The highest BCUT2D eigenvalue weighted by Gasteiger charge is 2.39. The standard InChI is InChI=1S/C24H15N3O6S/c28-23-18-6-2-3-7-19(18)24(29)22(26-14-13-15-5-1-4-8-20(15)26)21(23)25-34(32,33)17-11-9-16(10-12-17)27(30)31/h1-12,14H,13H2. The van der Waals surface area contributed by atoms with Crippen molar-refractivity contribution in [3.8, 4) is 0 Å². The predicted octanol–water partition coefficient (Wildman–Crippen LogP) is 2.62. The first-order valence-electron chi connectivity index (χ1n) is 10.1. The summed E-state index contributed by atoms with van der Waals surface area (Å²) in [4.78, 5) is 23.3. The van der Waals surface area contributed by atoms with Gasteiger partial charge in [-0.2, -0.15) is 13.0 Å². The van der Waals surface area contributed by atoms with E-state index in [-0.39, 0.29) is 27.4 Å². The van der Waals surface area contributed by atoms with Gasteiger partial charge in [-0.25, -0.2) is 0 Å². The minimum atomic E-state index is -4.47. The van der Waals surface area contributed by atoms with Crippen LogP contribution in [0.4, 0.5) is 11.4 Å². The number of sulfonamides is 1. The molecular weight excluding hydrogens is 458 g/mol. The second-order valence-corrected chi connectivity index (χ2v) is 9.21. The van der Waals surface area contributed by atoms with Gasteiger partial charge in [-0.1, -0.05) is 42.5 Å². The summed E-state index contributed by atoms with van der Waals surface area (Å²) < 4.78 is 31.5. The number of rotatable bonds is 4. The van der Waals surface area contributed by atoms with Crippen LogP contribution < -0.4 is 5.11 Å². The predicted molar refractivity (Wildman–Crippen MR) is 122 cm³/mol. The van der Waals surface area contributed by atoms with Crippen LogP contribution in [0.1, 0.15) is 21.5 Å². The quantitative estimate of drug-likeness (QED) is 0.325. The molecule has 3 aromatic rings. The van der Waals surface area contributed by atoms with E-state index in [0.717, 1.165) is 29.8 Å². The second kappa shape index (κ2) is 7.85. The molecule has 0 radical (unpaired) electrons. The van der Waals surface area contributed by atoms with Crippen molar-refractivity contribution in [3.05, 3.63) is 105 Å². The fraction of sp³-hybridized carbons (Fsp3) is 0.0417. The van der Waals surface area contributed by atoms with E-state index in [1.807, 2.05) is 12.1 Å². The van der Waals surface area contributed by atoms with Gasteiger partial charge in [-0.05, 0) is 23.5 Å². The highest BCUT2D eigenvalue weighted by atomic mass is 32.2. The molecule has 0 amide bonds. The summed E-state index contributed by atoms with van der Waals surface area (Å²) in [6.07, 6.45) is 2.19. The van der Waals surface area contributed by atoms with E-state index in [2.05, 4.69) is 4.40 Å². The van der Waals surface area contributed by atoms with E-state index in [9.17, 15) is 28.4 Å². The molecule has 0 fully saturated rings. The molecule has 1 aliphatic carbocycles. The van der Waals surface area contributed by atoms with Crippen LogP contribution in [0.2, 0.25) is 0 Å². The molecule has 0 atom stereocenters. The molecule has 0 saturated carbocycles. The number of Topliss-reactive ketones (excluding diaryl/α,β-unsaturated/α-hetero) is 1. The van der Waals surface area contributed by atoms with Crippen molar-refractivity contribution in [2.24, 2.45) is 4.40 Å². The molecule has 0 spiro atoms. The van der Waals surface area contributed by atoms with Gasteiger partial charge >= 0.3 is 0 Å². The van der Waals surface area contributed by atoms with Gasteiger partial charge in [0.15, 0.2) is 11.9 Å². The summed E-state index contributed by atoms with van der Waals surface area (Å²) >= 11 is 0. The van der Waals surface area contributed by atoms with Gasteiger partial charge in [0.05, 0.1) is 16.2 Å². The lowest BCUT2D eigenvalue weighted by Crippen LogP contribution is -2.33. The Morgan fingerprint density at radius 2 is 1.56 bits per heavy atom. The van der Waals surface area contributed by atoms with Crippen molar-refractivity contribution in [2.75, 3.05) is 0 Å². The molecule has 168 valence electrons. The maximum Gasteiger partial charge on any atom is 0.283 e. The first-order chi connectivity index (χ1) is 16.3. The molecular formula is C24H15N3O6S. The van der Waals surface area contributed by atoms with Crippen molar-refractivity contribution < 1.29 is 27.8 Å². The number of nitro groups is 1. The molecule has 9 nitrogen and oxygen atoms in total. The number of non-ortho nitro benzene ring substituents is 1. The number of carbonyl (C=O) groups is 1. The van der Waals surface area contributed by atoms with E-state index in [1.54, 1.807) is 30.5 Å². The maximum atomic E-state index is 13.5. The Labute approximate surface area is 193 Å². The molecule has 0 saturated heterocycles. The van der Waals surface area contributed by atoms with Crippen LogP contribution in [0.25, 0.3) is 5.76 Å². The summed E-state index contributed by atoms with van der Waals surface area (Å²) in [5.41, 5.74) is 0.826. The normalized spacial score (nSPS) is 16.3. The van der Waals surface area contributed by atoms with E-state index in [0.29, 0.717) is 12.1 Å². The lowest BCUT2D eigenvalue weighted by Gasteiger charge is -2.24. The Bertz CT molecular complexity index is 1580. The van der Waals surface area contributed by atoms with Gasteiger partial charge in [0.2, 0.25) is 17.2 Å². The summed E-state index contributed by atoms with van der Waals surface area (Å²) in [5, 5.41) is 24.4. The Morgan fingerprint density at radius 3 is 2.26 bits per heavy atom. The van der Waals surface area contributed by atoms with Crippen LogP contribution in [0, 0.1) is 10.1 Å². The third-order valence-corrected chi connectivity index (χ3v) is 6.90. The molecule has 2 aliphatic rings. The number of allylic oxidation sites excluding steroid dienone is 1. The summed E-state index contributed by atoms with van der Waals surface area (Å²) in [7, 11) is -4.47. The maximum absolute atomic E-state index is 13.5. The molecule has 0 N–H and O–H groups in total. The van der Waals surface area contributed by atoms with E-state index < -0.39 is 32.2 Å². The third kappa shape index (κ3) is 3.41. The molecule has 3 aromatic carbocycles. The fourth-order valence-electron chi connectivity index (χ4n) is 3.99. The monoisotopic (exact) mass is 473 g/mol. The molecule has 10 heteroatoms. The number of hydrogen-bond acceptors (Lipinski definition) is 6. The largest absolute Gasteiger partial charge is 0.867 e. The van der Waals surface area contributed by atoms with Crippen molar-refractivity contribution in [2.45, 2.75) is 11.3 Å². The molecule has 0 aromatic heterocycles. The first kappa shape index (κ1) is 21.4. The van der Waals surface area contributed by atoms with Gasteiger partial charge in [-0.3, -0.25) is 14.9 Å². The highest BCUT2D eigenvalue weighted by molar-refractivity contribution is 7.90. The van der Waals surface area contributed by atoms with Gasteiger partial charge in [0.1, 0.15) is 0 Å². The zero-order valence-corrected chi connectivity index (χ0v) is 18.2. The molecule has 1 aliphatic heterocycles. The van der Waals surface area contributed by atoms with Crippen LogP contribution in [0.5, 0.6) is 0 Å². The number of nitrogens with zero attached hydrogens (tertiary/aromatic N) is 3. The summed E-state index contributed by atoms with van der Waals surface area (Å²) in [6, 6.07) is 17.6. The topological polar surface area (TPSA) is 133 Å². The van der Waals surface area contributed by atoms with Gasteiger partial charge in [0, 0.05) is 29.3 Å². The fourth-order valence-corrected chi connectivity index (χ4v) is 4.98. The Hall–Kier alpha value is -4.44. The number of fused-ring (bicyclic) bond motifs is 2. The van der Waals surface area contributed by atoms with Gasteiger partial charge in [-0.15, -0.1) is 4.40 Å². The average Bonchev–Trinajstić information content (AvgIpc) is 3.26. The molecule has 5 rings (SSSR count). The Kier molecular flexibility index (Phi) is 4.94. The lowest BCUT2D eigenvalue weighted by atomic mass is 9.91. The number of benzene rings is 3. The number of para-hydroxylation sites is 1. The lowest BCUT2D eigenvalue weighted by molar-refractivity contribution is -0.384. The number of nitro benzene ring substituents is 1. The number of carbonyl (C=O) groups excluding carboxylic acids is 1. The van der Waals surface area contributed by atoms with Gasteiger partial charge < -0.3 is 5.11 Å². The van der Waals surface area contributed by atoms with Crippen LogP contribution in [-0.2, 0) is 16.4 Å². The van der Waals surface area contributed by atoms with Gasteiger partial charge in [0.25, 0.3) is 15.7 Å². The molecule has 0 unspecified atom stereocenters. The van der Waals surface area contributed by atoms with E-state index in [1.165, 1.54) is 16.7 Å². The van der Waals surface area contributed by atoms with Crippen LogP contribution in [0.15, 0.2) is 87.8 Å². The second-order valence-electron chi connectivity index (χ2n) is 7.60. The van der Waals surface area contributed by atoms with Crippen molar-refractivity contribution in [1.82, 2.24) is 0 Å². The number of ketones is 1. The Morgan fingerprint density at radius 1 is 0.912 bits per heavy atom. The van der Waals surface area contributed by atoms with Crippen molar-refractivity contribution in [3.63, 3.8) is 0 Å². The third-order valence-electron chi connectivity index (χ3n) is 5.61. The van der Waals surface area contributed by atoms with Crippen molar-refractivity contribution in [1.29, 1.82) is 0 Å². The van der Waals surface area contributed by atoms with Crippen LogP contribution in [0.3, 0.4) is 0 Å². The van der Waals surface area contributed by atoms with Crippen LogP contribution in [-0.4, -0.2) is 35.6 Å². The van der Waals surface area contributed by atoms with Crippen LogP contribution >= 0.6 is 0 Å². The minimum Gasteiger partial charge on any atom is -0.867 e. The van der Waals surface area contributed by atoms with E-state index in [4.69, 9.17) is 0 Å². The minimum absolute atomic E-state index is 0.0568. The zero-order chi connectivity index (χ0) is 24.0. The average molecular weight is 473 g/mol. The molecule has 34 heavy (non-hydrogen) atoms. The number of hydrogen-bond donors (Lipinski definition) is 0. The summed E-state index contributed by atoms with van der Waals surface area (Å²) in [6.45, 7) is 0. The van der Waals surface area contributed by atoms with Crippen molar-refractivity contribution >= 4 is 44.9 Å². The smallest absolute Gasteiger partial charge is 0.283 e. The molecule has 1 heterocycles. The first-order valence-corrected chi connectivity index (χ1v) is 11.6. The highest BCUT2D eigenvalue weighted by Crippen LogP contribution is 2.34. The van der Waals surface area contributed by atoms with E-state index >= 15 is 0 Å². The zero-order valence-electron chi connectivity index (χ0n) is 17.4. The Balaban J connectivity index is 1.72.